The number of likely N-dealkylation sites (tertiary alicyclic amines) is 1. The number of piperidine rings is 1. The zero-order valence-electron chi connectivity index (χ0n) is 12.7. The number of nitrogens with zero attached hydrogens (tertiary/aromatic N) is 1. The minimum Gasteiger partial charge on any atom is -0.316 e. The number of rotatable bonds is 5. The third kappa shape index (κ3) is 5.34. The van der Waals surface area contributed by atoms with E-state index in [-0.39, 0.29) is 24.8 Å². The average Bonchev–Trinajstić information content (AvgIpc) is 3.11. The van der Waals surface area contributed by atoms with Gasteiger partial charge in [0.25, 0.3) is 0 Å². The molecule has 2 aliphatic heterocycles. The molecule has 120 valence electrons. The Bertz CT molecular complexity index is 270. The topological polar surface area (TPSA) is 27.3 Å². The summed E-state index contributed by atoms with van der Waals surface area (Å²) < 4.78 is 0. The third-order valence-electron chi connectivity index (χ3n) is 5.04. The molecule has 1 atom stereocenters. The number of hydrogen-bond acceptors (Lipinski definition) is 3. The molecule has 0 aromatic carbocycles. The monoisotopic (exact) mass is 323 g/mol. The van der Waals surface area contributed by atoms with Crippen LogP contribution in [-0.2, 0) is 0 Å². The van der Waals surface area contributed by atoms with Crippen LogP contribution in [0, 0.1) is 11.3 Å². The van der Waals surface area contributed by atoms with Crippen LogP contribution in [0.5, 0.6) is 0 Å². The molecule has 1 unspecified atom stereocenters. The van der Waals surface area contributed by atoms with Crippen molar-refractivity contribution in [3.63, 3.8) is 0 Å². The quantitative estimate of drug-likeness (QED) is 0.813. The Kier molecular flexibility index (Phi) is 7.58. The Morgan fingerprint density at radius 3 is 2.40 bits per heavy atom. The van der Waals surface area contributed by atoms with Crippen molar-refractivity contribution in [2.45, 2.75) is 45.1 Å². The second-order valence-corrected chi connectivity index (χ2v) is 7.14. The molecule has 5 heteroatoms. The minimum absolute atomic E-state index is 0. The Balaban J connectivity index is 0.000001000. The van der Waals surface area contributed by atoms with Gasteiger partial charge in [0.15, 0.2) is 0 Å². The summed E-state index contributed by atoms with van der Waals surface area (Å²) in [4.78, 5) is 2.70. The molecular formula is C15H31Cl2N3. The van der Waals surface area contributed by atoms with Crippen molar-refractivity contribution < 1.29 is 0 Å². The molecule has 0 amide bonds. The summed E-state index contributed by atoms with van der Waals surface area (Å²) in [6.07, 6.45) is 7.01. The highest BCUT2D eigenvalue weighted by Gasteiger charge is 2.32. The van der Waals surface area contributed by atoms with Crippen molar-refractivity contribution in [3.05, 3.63) is 0 Å². The highest BCUT2D eigenvalue weighted by atomic mass is 35.5. The first-order chi connectivity index (χ1) is 8.73. The second-order valence-electron chi connectivity index (χ2n) is 7.14. The Morgan fingerprint density at radius 2 is 1.85 bits per heavy atom. The van der Waals surface area contributed by atoms with E-state index in [9.17, 15) is 0 Å². The minimum atomic E-state index is 0. The van der Waals surface area contributed by atoms with Crippen LogP contribution in [0.3, 0.4) is 0 Å². The normalized spacial score (nSPS) is 31.6. The van der Waals surface area contributed by atoms with E-state index in [2.05, 4.69) is 22.5 Å². The zero-order valence-corrected chi connectivity index (χ0v) is 14.3. The lowest BCUT2D eigenvalue weighted by molar-refractivity contribution is 0.137. The molecule has 2 heterocycles. The largest absolute Gasteiger partial charge is 0.316 e. The molecule has 0 bridgehead atoms. The molecule has 0 spiro atoms. The summed E-state index contributed by atoms with van der Waals surface area (Å²) in [6.45, 7) is 10.1. The lowest BCUT2D eigenvalue weighted by Crippen LogP contribution is -2.46. The van der Waals surface area contributed by atoms with E-state index in [0.29, 0.717) is 5.41 Å². The highest BCUT2D eigenvalue weighted by Crippen LogP contribution is 2.29. The van der Waals surface area contributed by atoms with E-state index in [4.69, 9.17) is 0 Å². The van der Waals surface area contributed by atoms with E-state index < -0.39 is 0 Å². The van der Waals surface area contributed by atoms with Gasteiger partial charge >= 0.3 is 0 Å². The van der Waals surface area contributed by atoms with E-state index in [0.717, 1.165) is 12.0 Å². The summed E-state index contributed by atoms with van der Waals surface area (Å²) in [7, 11) is 0. The van der Waals surface area contributed by atoms with Crippen molar-refractivity contribution in [3.8, 4) is 0 Å². The predicted molar refractivity (Wildman–Crippen MR) is 90.3 cm³/mol. The van der Waals surface area contributed by atoms with Crippen LogP contribution >= 0.6 is 24.8 Å². The van der Waals surface area contributed by atoms with E-state index >= 15 is 0 Å². The van der Waals surface area contributed by atoms with Gasteiger partial charge in [0.2, 0.25) is 0 Å². The fourth-order valence-electron chi connectivity index (χ4n) is 3.49. The van der Waals surface area contributed by atoms with Crippen LogP contribution in [0.15, 0.2) is 0 Å². The summed E-state index contributed by atoms with van der Waals surface area (Å²) in [5.74, 6) is 1.02. The molecule has 3 nitrogen and oxygen atoms in total. The van der Waals surface area contributed by atoms with Gasteiger partial charge in [-0.15, -0.1) is 24.8 Å². The van der Waals surface area contributed by atoms with Crippen LogP contribution in [0.25, 0.3) is 0 Å². The van der Waals surface area contributed by atoms with Crippen molar-refractivity contribution in [2.24, 2.45) is 11.3 Å². The molecule has 3 fully saturated rings. The zero-order chi connectivity index (χ0) is 12.4. The van der Waals surface area contributed by atoms with Gasteiger partial charge < -0.3 is 15.5 Å². The first-order valence-corrected chi connectivity index (χ1v) is 7.90. The first kappa shape index (κ1) is 18.5. The molecule has 0 radical (unpaired) electrons. The molecule has 3 rings (SSSR count). The van der Waals surface area contributed by atoms with Crippen molar-refractivity contribution in [1.29, 1.82) is 0 Å². The number of hydrogen-bond donors (Lipinski definition) is 2. The van der Waals surface area contributed by atoms with Crippen molar-refractivity contribution in [1.82, 2.24) is 15.5 Å². The van der Waals surface area contributed by atoms with E-state index in [1.807, 2.05) is 0 Å². The van der Waals surface area contributed by atoms with E-state index in [1.54, 1.807) is 0 Å². The molecule has 0 aromatic heterocycles. The molecule has 3 aliphatic rings. The predicted octanol–water partition coefficient (Wildman–Crippen LogP) is 2.29. The van der Waals surface area contributed by atoms with Crippen molar-refractivity contribution >= 4 is 24.8 Å². The smallest absolute Gasteiger partial charge is 0.00915 e. The Morgan fingerprint density at radius 1 is 1.15 bits per heavy atom. The van der Waals surface area contributed by atoms with Crippen LogP contribution < -0.4 is 10.6 Å². The number of nitrogens with one attached hydrogen (secondary N) is 2. The summed E-state index contributed by atoms with van der Waals surface area (Å²) in [5.41, 5.74) is 0.536. The summed E-state index contributed by atoms with van der Waals surface area (Å²) >= 11 is 0. The molecule has 2 N–H and O–H groups in total. The Labute approximate surface area is 136 Å². The van der Waals surface area contributed by atoms with Crippen LogP contribution in [0.2, 0.25) is 0 Å². The van der Waals surface area contributed by atoms with Crippen LogP contribution in [0.1, 0.15) is 39.0 Å². The fraction of sp³-hybridized carbons (Fsp3) is 1.00. The molecule has 2 saturated heterocycles. The van der Waals surface area contributed by atoms with E-state index in [1.165, 1.54) is 71.4 Å². The van der Waals surface area contributed by atoms with Crippen LogP contribution in [0.4, 0.5) is 0 Å². The maximum Gasteiger partial charge on any atom is 0.00915 e. The Hall–Kier alpha value is 0.460. The fourth-order valence-corrected chi connectivity index (χ4v) is 3.49. The highest BCUT2D eigenvalue weighted by molar-refractivity contribution is 5.85. The number of halogens is 2. The maximum atomic E-state index is 3.77. The van der Waals surface area contributed by atoms with Gasteiger partial charge in [-0.25, -0.2) is 0 Å². The third-order valence-corrected chi connectivity index (χ3v) is 5.04. The molecule has 1 saturated carbocycles. The summed E-state index contributed by atoms with van der Waals surface area (Å²) in [5, 5.41) is 7.28. The lowest BCUT2D eigenvalue weighted by Gasteiger charge is -2.37. The summed E-state index contributed by atoms with van der Waals surface area (Å²) in [6, 6.07) is 0.802. The second kappa shape index (κ2) is 8.19. The van der Waals surface area contributed by atoms with Gasteiger partial charge in [-0.1, -0.05) is 6.92 Å². The molecule has 0 aromatic rings. The van der Waals surface area contributed by atoms with Gasteiger partial charge in [0.05, 0.1) is 0 Å². The molecule has 1 aliphatic carbocycles. The molecular weight excluding hydrogens is 293 g/mol. The van der Waals surface area contributed by atoms with Gasteiger partial charge in [0, 0.05) is 19.1 Å². The van der Waals surface area contributed by atoms with Gasteiger partial charge in [0.1, 0.15) is 0 Å². The van der Waals surface area contributed by atoms with Crippen molar-refractivity contribution in [2.75, 3.05) is 39.3 Å². The van der Waals surface area contributed by atoms with Gasteiger partial charge in [-0.3, -0.25) is 0 Å². The average molecular weight is 324 g/mol. The standard InChI is InChI=1S/C15H29N3.2ClH/c1-15(6-7-16-11-15)12-18-8-4-14(5-9-18)17-10-13-2-3-13;;/h13-14,16-17H,2-12H2,1H3;2*1H. The van der Waals surface area contributed by atoms with Gasteiger partial charge in [-0.05, 0) is 69.6 Å². The lowest BCUT2D eigenvalue weighted by atomic mass is 9.88. The van der Waals surface area contributed by atoms with Gasteiger partial charge in [-0.2, -0.15) is 0 Å². The molecule has 20 heavy (non-hydrogen) atoms. The maximum absolute atomic E-state index is 3.77. The van der Waals surface area contributed by atoms with Crippen LogP contribution in [-0.4, -0.2) is 50.2 Å². The SMILES string of the molecule is CC1(CN2CCC(NCC3CC3)CC2)CCNC1.Cl.Cl. The first-order valence-electron chi connectivity index (χ1n) is 7.90.